The highest BCUT2D eigenvalue weighted by Crippen LogP contribution is 2.40. The number of amides is 1. The SMILES string of the molecule is CCn1cc2c(n1)Oc1c(C)ncc(CO)c1C(C=O)N(Cc1ccccc1)C2=O. The average Bonchev–Trinajstić information content (AvgIpc) is 3.18. The zero-order valence-electron chi connectivity index (χ0n) is 16.8. The Bertz CT molecular complexity index is 1090. The van der Waals surface area contributed by atoms with Crippen LogP contribution in [0.3, 0.4) is 0 Å². The molecule has 8 heteroatoms. The van der Waals surface area contributed by atoms with Gasteiger partial charge in [-0.25, -0.2) is 0 Å². The Kier molecular flexibility index (Phi) is 5.33. The minimum absolute atomic E-state index is 0.158. The van der Waals surface area contributed by atoms with E-state index < -0.39 is 6.04 Å². The molecule has 0 fully saturated rings. The molecule has 1 aliphatic rings. The summed E-state index contributed by atoms with van der Waals surface area (Å²) < 4.78 is 7.64. The van der Waals surface area contributed by atoms with Crippen molar-refractivity contribution in [3.05, 3.63) is 70.7 Å². The third kappa shape index (κ3) is 3.35. The number of benzene rings is 1. The van der Waals surface area contributed by atoms with Gasteiger partial charge >= 0.3 is 0 Å². The number of aromatic nitrogens is 3. The number of pyridine rings is 1. The van der Waals surface area contributed by atoms with Crippen LogP contribution in [-0.4, -0.2) is 37.0 Å². The Morgan fingerprint density at radius 1 is 1.27 bits per heavy atom. The quantitative estimate of drug-likeness (QED) is 0.655. The van der Waals surface area contributed by atoms with E-state index >= 15 is 0 Å². The van der Waals surface area contributed by atoms with E-state index in [9.17, 15) is 14.7 Å². The number of carbonyl (C=O) groups is 2. The molecule has 2 aromatic heterocycles. The van der Waals surface area contributed by atoms with Gasteiger partial charge in [0.25, 0.3) is 11.8 Å². The molecule has 3 aromatic rings. The lowest BCUT2D eigenvalue weighted by molar-refractivity contribution is -0.112. The number of ether oxygens (including phenoxy) is 1. The van der Waals surface area contributed by atoms with Gasteiger partial charge in [0.2, 0.25) is 0 Å². The van der Waals surface area contributed by atoms with Gasteiger partial charge in [-0.15, -0.1) is 5.10 Å². The third-order valence-electron chi connectivity index (χ3n) is 5.20. The monoisotopic (exact) mass is 406 g/mol. The molecule has 1 aliphatic heterocycles. The van der Waals surface area contributed by atoms with Crippen molar-refractivity contribution in [2.45, 2.75) is 39.6 Å². The van der Waals surface area contributed by atoms with Crippen LogP contribution in [-0.2, 0) is 24.5 Å². The number of fused-ring (bicyclic) bond motifs is 2. The topological polar surface area (TPSA) is 97.6 Å². The number of rotatable bonds is 5. The number of aliphatic hydroxyl groups is 1. The predicted molar refractivity (Wildman–Crippen MR) is 108 cm³/mol. The van der Waals surface area contributed by atoms with Crippen LogP contribution in [0.5, 0.6) is 11.6 Å². The lowest BCUT2D eigenvalue weighted by Crippen LogP contribution is -2.37. The molecule has 1 atom stereocenters. The summed E-state index contributed by atoms with van der Waals surface area (Å²) in [6.07, 6.45) is 3.84. The molecule has 0 aliphatic carbocycles. The summed E-state index contributed by atoms with van der Waals surface area (Å²) in [4.78, 5) is 31.6. The Labute approximate surface area is 173 Å². The maximum absolute atomic E-state index is 13.5. The first kappa shape index (κ1) is 19.8. The Morgan fingerprint density at radius 2 is 2.03 bits per heavy atom. The summed E-state index contributed by atoms with van der Waals surface area (Å²) in [5, 5.41) is 14.3. The fourth-order valence-electron chi connectivity index (χ4n) is 3.64. The summed E-state index contributed by atoms with van der Waals surface area (Å²) in [7, 11) is 0. The van der Waals surface area contributed by atoms with E-state index in [1.807, 2.05) is 37.3 Å². The van der Waals surface area contributed by atoms with Crippen molar-refractivity contribution < 1.29 is 19.4 Å². The van der Waals surface area contributed by atoms with Crippen molar-refractivity contribution >= 4 is 12.2 Å². The Balaban J connectivity index is 1.95. The van der Waals surface area contributed by atoms with Gasteiger partial charge in [-0.3, -0.25) is 14.5 Å². The summed E-state index contributed by atoms with van der Waals surface area (Å²) in [6, 6.07) is 8.49. The van der Waals surface area contributed by atoms with Gasteiger partial charge in [-0.1, -0.05) is 30.3 Å². The van der Waals surface area contributed by atoms with Crippen LogP contribution in [0.4, 0.5) is 0 Å². The number of aliphatic hydroxyl groups excluding tert-OH is 1. The molecule has 3 heterocycles. The van der Waals surface area contributed by atoms with Crippen LogP contribution >= 0.6 is 0 Å². The highest BCUT2D eigenvalue weighted by Gasteiger charge is 2.36. The van der Waals surface area contributed by atoms with Gasteiger partial charge in [-0.05, 0) is 19.4 Å². The van der Waals surface area contributed by atoms with Crippen molar-refractivity contribution in [1.29, 1.82) is 0 Å². The molecule has 0 saturated heterocycles. The van der Waals surface area contributed by atoms with Gasteiger partial charge in [0, 0.05) is 36.6 Å². The van der Waals surface area contributed by atoms with Crippen LogP contribution in [0.25, 0.3) is 0 Å². The molecular formula is C22H22N4O4. The molecule has 0 saturated carbocycles. The number of aldehydes is 1. The first-order chi connectivity index (χ1) is 14.6. The lowest BCUT2D eigenvalue weighted by atomic mass is 9.97. The molecule has 154 valence electrons. The molecule has 1 N–H and O–H groups in total. The van der Waals surface area contributed by atoms with Gasteiger partial charge in [-0.2, -0.15) is 0 Å². The first-order valence-electron chi connectivity index (χ1n) is 9.72. The Morgan fingerprint density at radius 3 is 2.70 bits per heavy atom. The fraction of sp³-hybridized carbons (Fsp3) is 0.273. The largest absolute Gasteiger partial charge is 0.435 e. The van der Waals surface area contributed by atoms with Crippen LogP contribution in [0.1, 0.15) is 45.7 Å². The molecular weight excluding hydrogens is 384 g/mol. The number of hydrogen-bond donors (Lipinski definition) is 1. The van der Waals surface area contributed by atoms with E-state index in [-0.39, 0.29) is 30.5 Å². The number of nitrogens with zero attached hydrogens (tertiary/aromatic N) is 4. The normalized spacial score (nSPS) is 15.6. The molecule has 1 unspecified atom stereocenters. The number of carbonyl (C=O) groups excluding carboxylic acids is 2. The minimum atomic E-state index is -0.949. The van der Waals surface area contributed by atoms with E-state index in [2.05, 4.69) is 10.1 Å². The average molecular weight is 406 g/mol. The number of aryl methyl sites for hydroxylation is 2. The minimum Gasteiger partial charge on any atom is -0.435 e. The second kappa shape index (κ2) is 8.08. The predicted octanol–water partition coefficient (Wildman–Crippen LogP) is 2.79. The maximum atomic E-state index is 13.5. The second-order valence-corrected chi connectivity index (χ2v) is 7.08. The van der Waals surface area contributed by atoms with E-state index in [4.69, 9.17) is 4.74 Å². The van der Waals surface area contributed by atoms with E-state index in [0.717, 1.165) is 5.56 Å². The molecule has 4 rings (SSSR count). The highest BCUT2D eigenvalue weighted by molar-refractivity contribution is 5.98. The summed E-state index contributed by atoms with van der Waals surface area (Å²) in [5.41, 5.74) is 2.55. The third-order valence-corrected chi connectivity index (χ3v) is 5.20. The van der Waals surface area contributed by atoms with Gasteiger partial charge in [0.05, 0.1) is 12.3 Å². The molecule has 1 amide bonds. The zero-order chi connectivity index (χ0) is 21.3. The van der Waals surface area contributed by atoms with Gasteiger partial charge < -0.3 is 19.5 Å². The van der Waals surface area contributed by atoms with Crippen molar-refractivity contribution in [2.24, 2.45) is 0 Å². The van der Waals surface area contributed by atoms with Crippen molar-refractivity contribution in [1.82, 2.24) is 19.7 Å². The molecule has 0 radical (unpaired) electrons. The molecule has 0 spiro atoms. The van der Waals surface area contributed by atoms with E-state index in [1.165, 1.54) is 11.1 Å². The molecule has 30 heavy (non-hydrogen) atoms. The standard InChI is InChI=1S/C22H22N4O4/c1-3-25-11-17-21(24-25)30-20-14(2)23-9-16(12-27)19(20)18(13-28)26(22(17)29)10-15-7-5-4-6-8-15/h4-9,11,13,18,27H,3,10,12H2,1-2H3. The van der Waals surface area contributed by atoms with Crippen molar-refractivity contribution in [2.75, 3.05) is 0 Å². The zero-order valence-corrected chi connectivity index (χ0v) is 16.8. The van der Waals surface area contributed by atoms with Crippen LogP contribution in [0, 0.1) is 6.92 Å². The Hall–Kier alpha value is -3.52. The molecule has 8 nitrogen and oxygen atoms in total. The fourth-order valence-corrected chi connectivity index (χ4v) is 3.64. The summed E-state index contributed by atoms with van der Waals surface area (Å²) in [6.45, 7) is 4.09. The molecule has 0 bridgehead atoms. The van der Waals surface area contributed by atoms with Gasteiger partial charge in [0.1, 0.15) is 17.9 Å². The van der Waals surface area contributed by atoms with E-state index in [1.54, 1.807) is 17.8 Å². The van der Waals surface area contributed by atoms with Crippen molar-refractivity contribution in [3.8, 4) is 11.6 Å². The van der Waals surface area contributed by atoms with E-state index in [0.29, 0.717) is 35.4 Å². The van der Waals surface area contributed by atoms with Crippen molar-refractivity contribution in [3.63, 3.8) is 0 Å². The first-order valence-corrected chi connectivity index (χ1v) is 9.72. The van der Waals surface area contributed by atoms with Gasteiger partial charge in [0.15, 0.2) is 5.75 Å². The maximum Gasteiger partial charge on any atom is 0.262 e. The summed E-state index contributed by atoms with van der Waals surface area (Å²) in [5.74, 6) is 0.131. The van der Waals surface area contributed by atoms with Crippen LogP contribution in [0.2, 0.25) is 0 Å². The summed E-state index contributed by atoms with van der Waals surface area (Å²) >= 11 is 0. The smallest absolute Gasteiger partial charge is 0.262 e. The second-order valence-electron chi connectivity index (χ2n) is 7.08. The molecule has 1 aromatic carbocycles. The van der Waals surface area contributed by atoms with Crippen LogP contribution < -0.4 is 4.74 Å². The number of hydrogen-bond acceptors (Lipinski definition) is 6. The lowest BCUT2D eigenvalue weighted by Gasteiger charge is -2.32. The van der Waals surface area contributed by atoms with Crippen LogP contribution in [0.15, 0.2) is 42.7 Å². The highest BCUT2D eigenvalue weighted by atomic mass is 16.5.